The van der Waals surface area contributed by atoms with Gasteiger partial charge in [0.05, 0.1) is 26.5 Å². The van der Waals surface area contributed by atoms with E-state index >= 15 is 0 Å². The molecule has 1 heterocycles. The third-order valence-electron chi connectivity index (χ3n) is 2.84. The average Bonchev–Trinajstić information content (AvgIpc) is 2.92. The van der Waals surface area contributed by atoms with E-state index in [9.17, 15) is 0 Å². The zero-order valence-electron chi connectivity index (χ0n) is 11.4. The number of rotatable bonds is 6. The first-order chi connectivity index (χ1) is 9.28. The fourth-order valence-corrected chi connectivity index (χ4v) is 1.81. The second kappa shape index (κ2) is 6.08. The van der Waals surface area contributed by atoms with E-state index in [1.807, 2.05) is 29.8 Å². The van der Waals surface area contributed by atoms with Crippen LogP contribution in [0.4, 0.5) is 5.69 Å². The van der Waals surface area contributed by atoms with E-state index < -0.39 is 0 Å². The summed E-state index contributed by atoms with van der Waals surface area (Å²) in [6, 6.07) is 5.65. The molecule has 2 rings (SSSR count). The van der Waals surface area contributed by atoms with Gasteiger partial charge in [0.1, 0.15) is 23.7 Å². The van der Waals surface area contributed by atoms with E-state index in [0.717, 1.165) is 29.6 Å². The first-order valence-electron chi connectivity index (χ1n) is 6.11. The fourth-order valence-electron chi connectivity index (χ4n) is 1.81. The van der Waals surface area contributed by atoms with Crippen LogP contribution in [0.5, 0.6) is 11.5 Å². The Kier molecular flexibility index (Phi) is 4.22. The first-order valence-corrected chi connectivity index (χ1v) is 6.11. The molecular formula is C13H18N4O2. The van der Waals surface area contributed by atoms with Crippen LogP contribution >= 0.6 is 0 Å². The smallest absolute Gasteiger partial charge is 0.146 e. The SMILES string of the molecule is CCn1ncnc1CNc1ccc(OC)cc1OC. The van der Waals surface area contributed by atoms with Crippen LogP contribution in [0.15, 0.2) is 24.5 Å². The van der Waals surface area contributed by atoms with Crippen LogP contribution in [0.3, 0.4) is 0 Å². The first kappa shape index (κ1) is 13.2. The molecule has 0 atom stereocenters. The van der Waals surface area contributed by atoms with Gasteiger partial charge in [0.2, 0.25) is 0 Å². The van der Waals surface area contributed by atoms with Gasteiger partial charge in [-0.2, -0.15) is 5.10 Å². The highest BCUT2D eigenvalue weighted by molar-refractivity contribution is 5.59. The van der Waals surface area contributed by atoms with Crippen LogP contribution in [0.1, 0.15) is 12.7 Å². The van der Waals surface area contributed by atoms with Crippen molar-refractivity contribution >= 4 is 5.69 Å². The number of benzene rings is 1. The predicted octanol–water partition coefficient (Wildman–Crippen LogP) is 1.93. The number of methoxy groups -OCH3 is 2. The molecule has 2 aromatic rings. The average molecular weight is 262 g/mol. The molecular weight excluding hydrogens is 244 g/mol. The van der Waals surface area contributed by atoms with Crippen molar-refractivity contribution in [3.8, 4) is 11.5 Å². The standard InChI is InChI=1S/C13H18N4O2/c1-4-17-13(15-9-16-17)8-14-11-6-5-10(18-2)7-12(11)19-3/h5-7,9,14H,4,8H2,1-3H3. The Labute approximate surface area is 112 Å². The lowest BCUT2D eigenvalue weighted by Crippen LogP contribution is -2.09. The quantitative estimate of drug-likeness (QED) is 0.862. The summed E-state index contributed by atoms with van der Waals surface area (Å²) < 4.78 is 12.3. The van der Waals surface area contributed by atoms with Gasteiger partial charge in [-0.15, -0.1) is 0 Å². The molecule has 1 N–H and O–H groups in total. The summed E-state index contributed by atoms with van der Waals surface area (Å²) >= 11 is 0. The molecule has 0 aliphatic heterocycles. The Bertz CT molecular complexity index is 539. The molecule has 0 fully saturated rings. The summed E-state index contributed by atoms with van der Waals surface area (Å²) in [5, 5.41) is 7.42. The molecule has 6 nitrogen and oxygen atoms in total. The predicted molar refractivity (Wildman–Crippen MR) is 72.6 cm³/mol. The third kappa shape index (κ3) is 2.96. The minimum atomic E-state index is 0.594. The van der Waals surface area contributed by atoms with E-state index in [1.165, 1.54) is 0 Å². The van der Waals surface area contributed by atoms with E-state index in [0.29, 0.717) is 6.54 Å². The van der Waals surface area contributed by atoms with E-state index in [2.05, 4.69) is 15.4 Å². The van der Waals surface area contributed by atoms with Gasteiger partial charge in [-0.05, 0) is 19.1 Å². The molecule has 0 unspecified atom stereocenters. The second-order valence-corrected chi connectivity index (χ2v) is 3.91. The molecule has 0 spiro atoms. The molecule has 0 bridgehead atoms. The Morgan fingerprint density at radius 2 is 2.11 bits per heavy atom. The Morgan fingerprint density at radius 3 is 2.79 bits per heavy atom. The zero-order chi connectivity index (χ0) is 13.7. The van der Waals surface area contributed by atoms with Crippen molar-refractivity contribution in [2.24, 2.45) is 0 Å². The van der Waals surface area contributed by atoms with E-state index in [4.69, 9.17) is 9.47 Å². The summed E-state index contributed by atoms with van der Waals surface area (Å²) in [6.45, 7) is 3.43. The normalized spacial score (nSPS) is 10.3. The van der Waals surface area contributed by atoms with E-state index in [-0.39, 0.29) is 0 Å². The molecule has 102 valence electrons. The minimum Gasteiger partial charge on any atom is -0.497 e. The van der Waals surface area contributed by atoms with Crippen molar-refractivity contribution in [2.45, 2.75) is 20.0 Å². The van der Waals surface area contributed by atoms with Gasteiger partial charge in [-0.1, -0.05) is 0 Å². The van der Waals surface area contributed by atoms with Crippen LogP contribution < -0.4 is 14.8 Å². The van der Waals surface area contributed by atoms with Crippen molar-refractivity contribution in [1.82, 2.24) is 14.8 Å². The summed E-state index contributed by atoms with van der Waals surface area (Å²) in [6.07, 6.45) is 1.56. The molecule has 1 aromatic carbocycles. The molecule has 1 aromatic heterocycles. The van der Waals surface area contributed by atoms with Gasteiger partial charge in [0, 0.05) is 12.6 Å². The maximum atomic E-state index is 5.33. The number of anilines is 1. The number of nitrogens with one attached hydrogen (secondary N) is 1. The summed E-state index contributed by atoms with van der Waals surface area (Å²) in [7, 11) is 3.26. The van der Waals surface area contributed by atoms with Gasteiger partial charge in [0.15, 0.2) is 0 Å². The Hall–Kier alpha value is -2.24. The van der Waals surface area contributed by atoms with Crippen LogP contribution in [0.2, 0.25) is 0 Å². The van der Waals surface area contributed by atoms with Crippen LogP contribution in [-0.4, -0.2) is 29.0 Å². The minimum absolute atomic E-state index is 0.594. The Morgan fingerprint density at radius 1 is 1.26 bits per heavy atom. The number of aromatic nitrogens is 3. The molecule has 0 aliphatic carbocycles. The van der Waals surface area contributed by atoms with Crippen molar-refractivity contribution in [3.63, 3.8) is 0 Å². The number of nitrogens with zero attached hydrogens (tertiary/aromatic N) is 3. The summed E-state index contributed by atoms with van der Waals surface area (Å²) in [4.78, 5) is 4.22. The monoisotopic (exact) mass is 262 g/mol. The maximum absolute atomic E-state index is 5.33. The number of ether oxygens (including phenoxy) is 2. The molecule has 0 saturated heterocycles. The Balaban J connectivity index is 2.11. The number of aryl methyl sites for hydroxylation is 1. The highest BCUT2D eigenvalue weighted by Crippen LogP contribution is 2.29. The maximum Gasteiger partial charge on any atom is 0.146 e. The molecule has 0 radical (unpaired) electrons. The molecule has 0 amide bonds. The van der Waals surface area contributed by atoms with Crippen molar-refractivity contribution in [1.29, 1.82) is 0 Å². The fraction of sp³-hybridized carbons (Fsp3) is 0.385. The van der Waals surface area contributed by atoms with Gasteiger partial charge in [0.25, 0.3) is 0 Å². The van der Waals surface area contributed by atoms with Crippen molar-refractivity contribution < 1.29 is 9.47 Å². The molecule has 19 heavy (non-hydrogen) atoms. The van der Waals surface area contributed by atoms with Crippen LogP contribution in [0, 0.1) is 0 Å². The van der Waals surface area contributed by atoms with Crippen LogP contribution in [0.25, 0.3) is 0 Å². The summed E-state index contributed by atoms with van der Waals surface area (Å²) in [5.74, 6) is 2.39. The van der Waals surface area contributed by atoms with Gasteiger partial charge >= 0.3 is 0 Å². The number of hydrogen-bond acceptors (Lipinski definition) is 5. The number of hydrogen-bond donors (Lipinski definition) is 1. The zero-order valence-corrected chi connectivity index (χ0v) is 11.4. The molecule has 0 saturated carbocycles. The topological polar surface area (TPSA) is 61.2 Å². The third-order valence-corrected chi connectivity index (χ3v) is 2.84. The largest absolute Gasteiger partial charge is 0.497 e. The highest BCUT2D eigenvalue weighted by Gasteiger charge is 2.07. The second-order valence-electron chi connectivity index (χ2n) is 3.91. The highest BCUT2D eigenvalue weighted by atomic mass is 16.5. The molecule has 0 aliphatic rings. The van der Waals surface area contributed by atoms with Gasteiger partial charge in [-0.25, -0.2) is 9.67 Å². The van der Waals surface area contributed by atoms with Crippen molar-refractivity contribution in [3.05, 3.63) is 30.4 Å². The lowest BCUT2D eigenvalue weighted by molar-refractivity contribution is 0.395. The van der Waals surface area contributed by atoms with E-state index in [1.54, 1.807) is 20.5 Å². The summed E-state index contributed by atoms with van der Waals surface area (Å²) in [5.41, 5.74) is 0.897. The lowest BCUT2D eigenvalue weighted by Gasteiger charge is -2.12. The van der Waals surface area contributed by atoms with Gasteiger partial charge < -0.3 is 14.8 Å². The molecule has 6 heteroatoms. The van der Waals surface area contributed by atoms with Crippen molar-refractivity contribution in [2.75, 3.05) is 19.5 Å². The lowest BCUT2D eigenvalue weighted by atomic mass is 10.2. The van der Waals surface area contributed by atoms with Crippen LogP contribution in [-0.2, 0) is 13.1 Å². The van der Waals surface area contributed by atoms with Gasteiger partial charge in [-0.3, -0.25) is 0 Å².